The number of alkyl halides is 5. The highest BCUT2D eigenvalue weighted by molar-refractivity contribution is 4.66. The van der Waals surface area contributed by atoms with Crippen molar-refractivity contribution in [2.45, 2.75) is 12.1 Å². The summed E-state index contributed by atoms with van der Waals surface area (Å²) in [7, 11) is 0. The average Bonchev–Trinajstić information content (AvgIpc) is 1.55. The van der Waals surface area contributed by atoms with Gasteiger partial charge in [0.05, 0.1) is 0 Å². The van der Waals surface area contributed by atoms with E-state index in [9.17, 15) is 22.0 Å². The lowest BCUT2D eigenvalue weighted by Crippen LogP contribution is -2.25. The summed E-state index contributed by atoms with van der Waals surface area (Å²) in [5.74, 6) is -3.45. The maximum absolute atomic E-state index is 11.7. The second kappa shape index (κ2) is 3.34. The normalized spacial score (nSPS) is 13.6. The Morgan fingerprint density at radius 2 is 1.45 bits per heavy atom. The van der Waals surface area contributed by atoms with Gasteiger partial charge in [0.2, 0.25) is 0 Å². The van der Waals surface area contributed by atoms with Crippen LogP contribution in [0.25, 0.3) is 0 Å². The molecule has 0 saturated heterocycles. The lowest BCUT2D eigenvalue weighted by atomic mass is 10.4. The summed E-state index contributed by atoms with van der Waals surface area (Å²) in [4.78, 5) is 0. The van der Waals surface area contributed by atoms with Crippen LogP contribution >= 0.6 is 0 Å². The lowest BCUT2D eigenvalue weighted by molar-refractivity contribution is -0.186. The highest BCUT2D eigenvalue weighted by Crippen LogP contribution is 2.17. The first kappa shape index (κ1) is 10.6. The summed E-state index contributed by atoms with van der Waals surface area (Å²) < 4.78 is 60.7. The molecule has 0 amide bonds. The van der Waals surface area contributed by atoms with Gasteiger partial charge in [-0.05, 0) is 0 Å². The van der Waals surface area contributed by atoms with Crippen LogP contribution in [0.5, 0.6) is 0 Å². The predicted molar refractivity (Wildman–Crippen MR) is 27.2 cm³/mol. The Bertz CT molecular complexity index is 99.0. The highest BCUT2D eigenvalue weighted by Gasteiger charge is 2.30. The number of rotatable bonds is 3. The Labute approximate surface area is 60.1 Å². The van der Waals surface area contributed by atoms with E-state index < -0.39 is 25.3 Å². The van der Waals surface area contributed by atoms with Crippen LogP contribution in [0, 0.1) is 6.92 Å². The maximum Gasteiger partial charge on any atom is 0.411 e. The van der Waals surface area contributed by atoms with Crippen molar-refractivity contribution in [1.82, 2.24) is 0 Å². The van der Waals surface area contributed by atoms with Crippen LogP contribution in [0.2, 0.25) is 0 Å². The van der Waals surface area contributed by atoms with Gasteiger partial charge in [-0.3, -0.25) is 0 Å². The van der Waals surface area contributed by atoms with Gasteiger partial charge in [-0.15, -0.1) is 0 Å². The second-order valence-electron chi connectivity index (χ2n) is 1.96. The van der Waals surface area contributed by atoms with Gasteiger partial charge >= 0.3 is 6.18 Å². The van der Waals surface area contributed by atoms with Gasteiger partial charge in [0.1, 0.15) is 13.2 Å². The van der Waals surface area contributed by atoms with Crippen molar-refractivity contribution in [1.29, 1.82) is 0 Å². The van der Waals surface area contributed by atoms with Crippen LogP contribution in [0.3, 0.4) is 0 Å². The minimum absolute atomic E-state index is 1.31. The van der Waals surface area contributed by atoms with E-state index in [1.165, 1.54) is 0 Å². The Kier molecular flexibility index (Phi) is 3.22. The van der Waals surface area contributed by atoms with Gasteiger partial charge in [0, 0.05) is 6.92 Å². The number of hydrogen-bond acceptors (Lipinski definition) is 1. The molecular formula is C5H6F5O. The minimum Gasteiger partial charge on any atom is -0.366 e. The molecule has 0 spiro atoms. The average molecular weight is 177 g/mol. The Balaban J connectivity index is 3.44. The van der Waals surface area contributed by atoms with Gasteiger partial charge in [0.25, 0.3) is 5.92 Å². The van der Waals surface area contributed by atoms with Crippen LogP contribution in [-0.4, -0.2) is 25.3 Å². The third-order valence-electron chi connectivity index (χ3n) is 0.579. The van der Waals surface area contributed by atoms with Gasteiger partial charge in [-0.1, -0.05) is 0 Å². The molecule has 0 aliphatic carbocycles. The van der Waals surface area contributed by atoms with Gasteiger partial charge in [-0.2, -0.15) is 13.2 Å². The van der Waals surface area contributed by atoms with Crippen molar-refractivity contribution in [3.8, 4) is 0 Å². The molecular weight excluding hydrogens is 171 g/mol. The van der Waals surface area contributed by atoms with Crippen LogP contribution in [0.15, 0.2) is 0 Å². The van der Waals surface area contributed by atoms with E-state index in [4.69, 9.17) is 0 Å². The third-order valence-corrected chi connectivity index (χ3v) is 0.579. The molecule has 6 heteroatoms. The number of halogens is 5. The third kappa shape index (κ3) is 9.61. The molecule has 0 heterocycles. The summed E-state index contributed by atoms with van der Waals surface area (Å²) in [6, 6.07) is 0. The van der Waals surface area contributed by atoms with Crippen LogP contribution < -0.4 is 0 Å². The molecule has 0 N–H and O–H groups in total. The van der Waals surface area contributed by atoms with E-state index in [1.54, 1.807) is 0 Å². The van der Waals surface area contributed by atoms with E-state index in [1.807, 2.05) is 0 Å². The van der Waals surface area contributed by atoms with E-state index in [0.717, 1.165) is 0 Å². The fourth-order valence-corrected chi connectivity index (χ4v) is 0.316. The van der Waals surface area contributed by atoms with E-state index in [2.05, 4.69) is 11.7 Å². The molecule has 67 valence electrons. The van der Waals surface area contributed by atoms with Crippen molar-refractivity contribution >= 4 is 0 Å². The first-order chi connectivity index (χ1) is 4.71. The van der Waals surface area contributed by atoms with Crippen molar-refractivity contribution in [3.05, 3.63) is 6.92 Å². The summed E-state index contributed by atoms with van der Waals surface area (Å²) >= 11 is 0. The van der Waals surface area contributed by atoms with Crippen molar-refractivity contribution < 1.29 is 26.7 Å². The summed E-state index contributed by atoms with van der Waals surface area (Å²) in [6.07, 6.45) is -4.56. The quantitative estimate of drug-likeness (QED) is 0.599. The fourth-order valence-electron chi connectivity index (χ4n) is 0.316. The maximum atomic E-state index is 11.7. The molecule has 0 atom stereocenters. The molecule has 0 aliphatic rings. The zero-order valence-corrected chi connectivity index (χ0v) is 5.42. The van der Waals surface area contributed by atoms with E-state index in [-0.39, 0.29) is 0 Å². The van der Waals surface area contributed by atoms with Gasteiger partial charge < -0.3 is 4.74 Å². The Morgan fingerprint density at radius 3 is 1.73 bits per heavy atom. The monoisotopic (exact) mass is 177 g/mol. The van der Waals surface area contributed by atoms with Crippen LogP contribution in [0.4, 0.5) is 22.0 Å². The smallest absolute Gasteiger partial charge is 0.366 e. The molecule has 0 saturated carbocycles. The topological polar surface area (TPSA) is 9.23 Å². The molecule has 0 aromatic heterocycles. The van der Waals surface area contributed by atoms with Crippen molar-refractivity contribution in [2.75, 3.05) is 13.2 Å². The molecule has 0 aromatic carbocycles. The molecule has 0 fully saturated rings. The minimum atomic E-state index is -4.56. The Morgan fingerprint density at radius 1 is 1.00 bits per heavy atom. The van der Waals surface area contributed by atoms with Gasteiger partial charge in [0.15, 0.2) is 0 Å². The van der Waals surface area contributed by atoms with Crippen LogP contribution in [-0.2, 0) is 4.74 Å². The fraction of sp³-hybridized carbons (Fsp3) is 0.800. The first-order valence-corrected chi connectivity index (χ1v) is 2.58. The SMILES string of the molecule is [CH2]C(F)(F)COCC(F)(F)F. The predicted octanol–water partition coefficient (Wildman–Crippen LogP) is 2.03. The number of hydrogen-bond donors (Lipinski definition) is 0. The van der Waals surface area contributed by atoms with E-state index >= 15 is 0 Å². The standard InChI is InChI=1S/C5H6F5O/c1-4(6,7)2-11-3-5(8,9)10/h1-3H2. The van der Waals surface area contributed by atoms with Crippen molar-refractivity contribution in [2.24, 2.45) is 0 Å². The molecule has 11 heavy (non-hydrogen) atoms. The second-order valence-corrected chi connectivity index (χ2v) is 1.96. The molecule has 1 nitrogen and oxygen atoms in total. The summed E-state index contributed by atoms with van der Waals surface area (Å²) in [6.45, 7) is -0.717. The molecule has 0 aliphatic heterocycles. The molecule has 0 bridgehead atoms. The molecule has 0 rings (SSSR count). The van der Waals surface area contributed by atoms with Crippen LogP contribution in [0.1, 0.15) is 0 Å². The molecule has 1 radical (unpaired) electrons. The largest absolute Gasteiger partial charge is 0.411 e. The first-order valence-electron chi connectivity index (χ1n) is 2.58. The molecule has 0 aromatic rings. The summed E-state index contributed by atoms with van der Waals surface area (Å²) in [5, 5.41) is 0. The lowest BCUT2D eigenvalue weighted by Gasteiger charge is -2.11. The number of ether oxygens (including phenoxy) is 1. The molecule has 0 unspecified atom stereocenters. The van der Waals surface area contributed by atoms with E-state index in [0.29, 0.717) is 0 Å². The summed E-state index contributed by atoms with van der Waals surface area (Å²) in [5.41, 5.74) is 0. The zero-order chi connectivity index (χ0) is 9.12. The zero-order valence-electron chi connectivity index (χ0n) is 5.42. The Hall–Kier alpha value is -0.390. The highest BCUT2D eigenvalue weighted by atomic mass is 19.4. The van der Waals surface area contributed by atoms with Gasteiger partial charge in [-0.25, -0.2) is 8.78 Å². The van der Waals surface area contributed by atoms with Crippen molar-refractivity contribution in [3.63, 3.8) is 0 Å².